The molecule has 4 aliphatic heterocycles. The highest BCUT2D eigenvalue weighted by Gasteiger charge is 2.53. The second kappa shape index (κ2) is 18.5. The number of rotatable bonds is 13. The lowest BCUT2D eigenvalue weighted by molar-refractivity contribution is -0.364. The highest BCUT2D eigenvalue weighted by molar-refractivity contribution is 5.90. The smallest absolute Gasteiger partial charge is 0.317 e. The van der Waals surface area contributed by atoms with Crippen molar-refractivity contribution in [3.63, 3.8) is 0 Å². The third kappa shape index (κ3) is 9.31. The van der Waals surface area contributed by atoms with E-state index in [1.165, 1.54) is 18.2 Å². The van der Waals surface area contributed by atoms with Crippen molar-refractivity contribution in [1.82, 2.24) is 0 Å². The van der Waals surface area contributed by atoms with Crippen molar-refractivity contribution in [2.75, 3.05) is 19.8 Å². The Bertz CT molecular complexity index is 1870. The summed E-state index contributed by atoms with van der Waals surface area (Å²) >= 11 is 0. The molecule has 24 heteroatoms. The lowest BCUT2D eigenvalue weighted by atomic mass is 9.97. The molecule has 4 aliphatic rings. The zero-order valence-electron chi connectivity index (χ0n) is 30.9. The number of ether oxygens (including phenoxy) is 8. The Hall–Kier alpha value is -4.64. The van der Waals surface area contributed by atoms with Gasteiger partial charge in [0.2, 0.25) is 12.6 Å². The number of aliphatic carboxylic acids is 1. The van der Waals surface area contributed by atoms with Gasteiger partial charge in [-0.05, 0) is 18.2 Å². The molecule has 2 aromatic carbocycles. The average molecular weight is 862 g/mol. The lowest BCUT2D eigenvalue weighted by Crippen LogP contribution is -2.64. The van der Waals surface area contributed by atoms with Gasteiger partial charge in [0.1, 0.15) is 97.2 Å². The van der Waals surface area contributed by atoms with E-state index in [1.807, 2.05) is 0 Å². The first-order chi connectivity index (χ1) is 28.4. The van der Waals surface area contributed by atoms with Crippen molar-refractivity contribution < 1.29 is 119 Å². The van der Waals surface area contributed by atoms with Gasteiger partial charge in [0.15, 0.2) is 29.7 Å². The zero-order chi connectivity index (χ0) is 43.7. The number of carbonyl (C=O) groups excluding carboxylic acids is 1. The molecule has 4 heterocycles. The van der Waals surface area contributed by atoms with Crippen molar-refractivity contribution >= 4 is 18.0 Å². The summed E-state index contributed by atoms with van der Waals surface area (Å²) in [5, 5.41) is 145. The van der Waals surface area contributed by atoms with Crippen LogP contribution in [0.3, 0.4) is 0 Å². The van der Waals surface area contributed by atoms with Crippen LogP contribution in [0.5, 0.6) is 28.7 Å². The molecule has 1 unspecified atom stereocenters. The third-order valence-electron chi connectivity index (χ3n) is 10.1. The summed E-state index contributed by atoms with van der Waals surface area (Å²) in [5.41, 5.74) is 0.0600. The van der Waals surface area contributed by atoms with Crippen molar-refractivity contribution in [1.29, 1.82) is 0 Å². The molecule has 0 aliphatic carbocycles. The Labute approximate surface area is 337 Å². The number of aromatic hydroxyl groups is 4. The van der Waals surface area contributed by atoms with Gasteiger partial charge in [-0.15, -0.1) is 0 Å². The molecule has 16 atom stereocenters. The summed E-state index contributed by atoms with van der Waals surface area (Å²) in [7, 11) is 0. The van der Waals surface area contributed by atoms with Crippen molar-refractivity contribution in [3.8, 4) is 28.7 Å². The predicted octanol–water partition coefficient (Wildman–Crippen LogP) is -5.01. The van der Waals surface area contributed by atoms with Crippen LogP contribution in [0.1, 0.15) is 23.7 Å². The van der Waals surface area contributed by atoms with Crippen molar-refractivity contribution in [2.45, 2.75) is 105 Å². The monoisotopic (exact) mass is 861 g/mol. The summed E-state index contributed by atoms with van der Waals surface area (Å²) in [4.78, 5) is 23.1. The van der Waals surface area contributed by atoms with E-state index in [4.69, 9.17) is 38.3 Å². The first-order valence-corrected chi connectivity index (χ1v) is 18.2. The highest BCUT2D eigenvalue weighted by Crippen LogP contribution is 2.47. The summed E-state index contributed by atoms with van der Waals surface area (Å²) in [6, 6.07) is 5.72. The van der Waals surface area contributed by atoms with Crippen LogP contribution in [0.4, 0.5) is 0 Å². The Kier molecular flexibility index (Phi) is 13.9. The number of aliphatic hydroxyl groups is 11. The number of aliphatic hydroxyl groups excluding tert-OH is 10. The van der Waals surface area contributed by atoms with E-state index in [2.05, 4.69) is 4.74 Å². The fourth-order valence-corrected chi connectivity index (χ4v) is 6.81. The number of carbonyl (C=O) groups is 2. The van der Waals surface area contributed by atoms with Crippen LogP contribution in [0.15, 0.2) is 36.1 Å². The fraction of sp³-hybridized carbons (Fsp3) is 0.556. The number of esters is 1. The number of hydrogen-bond acceptors (Lipinski definition) is 22. The molecule has 2 aromatic rings. The topological polar surface area (TPSA) is 395 Å². The van der Waals surface area contributed by atoms with E-state index in [0.29, 0.717) is 0 Å². The van der Waals surface area contributed by atoms with Crippen LogP contribution in [-0.4, -0.2) is 200 Å². The molecular weight excluding hydrogens is 816 g/mol. The first kappa shape index (κ1) is 44.9. The molecule has 0 aromatic heterocycles. The molecule has 332 valence electrons. The number of hydrogen-bond donors (Lipinski definition) is 14. The molecule has 15 N–H and O–H groups in total. The Balaban J connectivity index is 1.41. The van der Waals surface area contributed by atoms with E-state index in [-0.39, 0.29) is 28.4 Å². The number of benzene rings is 2. The van der Waals surface area contributed by atoms with Gasteiger partial charge >= 0.3 is 11.9 Å². The third-order valence-corrected chi connectivity index (χ3v) is 10.1. The summed E-state index contributed by atoms with van der Waals surface area (Å²) in [5.74, 6) is -5.04. The zero-order valence-corrected chi connectivity index (χ0v) is 30.9. The molecule has 0 saturated carbocycles. The maximum Gasteiger partial charge on any atom is 0.317 e. The second-order valence-electron chi connectivity index (χ2n) is 14.2. The van der Waals surface area contributed by atoms with E-state index >= 15 is 0 Å². The maximum absolute atomic E-state index is 12.1. The molecule has 0 bridgehead atoms. The normalized spacial score (nSPS) is 36.6. The number of carboxylic acid groups (broad SMARTS) is 1. The Morgan fingerprint density at radius 2 is 1.27 bits per heavy atom. The molecule has 0 amide bonds. The van der Waals surface area contributed by atoms with Gasteiger partial charge in [0.05, 0.1) is 24.8 Å². The molecule has 0 radical (unpaired) electrons. The van der Waals surface area contributed by atoms with Crippen LogP contribution in [0.25, 0.3) is 6.08 Å². The van der Waals surface area contributed by atoms with Crippen LogP contribution >= 0.6 is 0 Å². The minimum Gasteiger partial charge on any atom is -0.571 e. The van der Waals surface area contributed by atoms with Crippen LogP contribution < -0.4 is 4.74 Å². The van der Waals surface area contributed by atoms with Crippen LogP contribution in [0, 0.1) is 0 Å². The minimum atomic E-state index is -2.11. The Morgan fingerprint density at radius 3 is 1.88 bits per heavy atom. The minimum absolute atomic E-state index is 0.0408. The quantitative estimate of drug-likeness (QED) is 0.0388. The standard InChI is InChI=1S/C36H44O24/c37-8-19-24(45)27(48)30(51)34(57-19)55-17-5-12(39)4-16-13(17)6-18(32(54-16)11-1-2-14(40)15(41)3-11)56-36-33(60-35-31(52)28(49)25(46)20(9-38)58-35)29(50)26(47)21(59-36)10-53-23(44)7-22(42)43/h1-6,19-21,24-41,45-52H,7-10H2,(H,42,43)/p+1/t19-,20-,21-,24-,25-,26-,27+,28+,29-,30+,31-,32?,33-,34-,35+,36-/m1/s1. The summed E-state index contributed by atoms with van der Waals surface area (Å²) < 4.78 is 44.3. The van der Waals surface area contributed by atoms with Gasteiger partial charge in [0, 0.05) is 12.1 Å². The average Bonchev–Trinajstić information content (AvgIpc) is 3.20. The lowest BCUT2D eigenvalue weighted by Gasteiger charge is -2.46. The molecule has 3 fully saturated rings. The Morgan fingerprint density at radius 1 is 0.667 bits per heavy atom. The van der Waals surface area contributed by atoms with E-state index in [0.717, 1.165) is 18.2 Å². The molecule has 3 saturated heterocycles. The highest BCUT2D eigenvalue weighted by atomic mass is 16.8. The molecule has 0 spiro atoms. The van der Waals surface area contributed by atoms with Crippen molar-refractivity contribution in [2.24, 2.45) is 0 Å². The molecular formula is C36H45O24+. The van der Waals surface area contributed by atoms with Crippen molar-refractivity contribution in [3.05, 3.63) is 47.2 Å². The van der Waals surface area contributed by atoms with E-state index in [1.54, 1.807) is 0 Å². The number of phenols is 3. The molecule has 24 nitrogen and oxygen atoms in total. The van der Waals surface area contributed by atoms with Crippen LogP contribution in [0.2, 0.25) is 0 Å². The van der Waals surface area contributed by atoms with Crippen LogP contribution in [-0.2, 0) is 38.0 Å². The number of fused-ring (bicyclic) bond motifs is 1. The van der Waals surface area contributed by atoms with Gasteiger partial charge in [-0.1, -0.05) is 0 Å². The first-order valence-electron chi connectivity index (χ1n) is 18.2. The SMILES string of the molecule is O=C(O)CC(=O)OC[C@H]1O[C@@H](OC2=Cc3c(O[C@@H]4O[C@H](CO)[C@@H](O)[C@H](O)[C@@H]4O)cc(O)cc3[OH+]C2c2ccc(O)c(O)c2)[C@H](O[C@@H]2O[C@H](CO)[C@@H](O)[C@H](O)[C@H]2O)[C@H](O)[C@@H]1O. The molecule has 60 heavy (non-hydrogen) atoms. The van der Waals surface area contributed by atoms with Gasteiger partial charge in [-0.2, -0.15) is 0 Å². The fourth-order valence-electron chi connectivity index (χ4n) is 6.81. The summed E-state index contributed by atoms with van der Waals surface area (Å²) in [6.45, 7) is -2.54. The second-order valence-corrected chi connectivity index (χ2v) is 14.2. The maximum atomic E-state index is 12.1. The van der Waals surface area contributed by atoms with E-state index < -0.39 is 154 Å². The van der Waals surface area contributed by atoms with Gasteiger partial charge in [-0.3, -0.25) is 9.59 Å². The number of phenolic OH excluding ortho intramolecular Hbond substituents is 3. The van der Waals surface area contributed by atoms with Gasteiger partial charge in [-0.25, -0.2) is 0 Å². The predicted molar refractivity (Wildman–Crippen MR) is 188 cm³/mol. The summed E-state index contributed by atoms with van der Waals surface area (Å²) in [6.07, 6.45) is -28.9. The molecule has 6 rings (SSSR count). The largest absolute Gasteiger partial charge is 0.571 e. The van der Waals surface area contributed by atoms with Gasteiger partial charge in [0.25, 0.3) is 11.9 Å². The van der Waals surface area contributed by atoms with Gasteiger partial charge < -0.3 is 109 Å². The van der Waals surface area contributed by atoms with E-state index in [9.17, 15) is 76.0 Å². The number of carboxylic acids is 1.